The molecule has 8 heteroatoms. The van der Waals surface area contributed by atoms with Crippen molar-refractivity contribution in [3.05, 3.63) is 39.4 Å². The monoisotopic (exact) mass is 419 g/mol. The van der Waals surface area contributed by atoms with Crippen LogP contribution in [0.4, 0.5) is 8.78 Å². The lowest BCUT2D eigenvalue weighted by molar-refractivity contribution is -0.137. The number of aliphatic imine (C=N–C) groups is 1. The lowest BCUT2D eigenvalue weighted by atomic mass is 10.1. The SMILES string of the molecule is CCOC(=O)C(C=N[C@@H](CO)C(C)C)=C(O)c1cc(Br)c(F)cc1F. The smallest absolute Gasteiger partial charge is 0.343 e. The van der Waals surface area contributed by atoms with Gasteiger partial charge in [0.1, 0.15) is 23.0 Å². The molecule has 0 saturated carbocycles. The number of halogens is 3. The van der Waals surface area contributed by atoms with E-state index in [1.54, 1.807) is 6.92 Å². The molecule has 0 bridgehead atoms. The summed E-state index contributed by atoms with van der Waals surface area (Å²) in [5.41, 5.74) is -0.772. The van der Waals surface area contributed by atoms with Crippen LogP contribution in [0.1, 0.15) is 26.3 Å². The van der Waals surface area contributed by atoms with Crippen molar-refractivity contribution in [1.29, 1.82) is 0 Å². The van der Waals surface area contributed by atoms with Crippen LogP contribution in [0.2, 0.25) is 0 Å². The van der Waals surface area contributed by atoms with Gasteiger partial charge in [-0.25, -0.2) is 13.6 Å². The Morgan fingerprint density at radius 2 is 2.00 bits per heavy atom. The summed E-state index contributed by atoms with van der Waals surface area (Å²) >= 11 is 2.90. The van der Waals surface area contributed by atoms with Gasteiger partial charge in [0.2, 0.25) is 0 Å². The number of carbonyl (C=O) groups is 1. The topological polar surface area (TPSA) is 79.1 Å². The second kappa shape index (κ2) is 9.62. The standard InChI is InChI=1S/C17H20BrF2NO4/c1-4-25-17(24)11(7-21-15(8-22)9(2)3)16(23)10-5-12(18)14(20)6-13(10)19/h5-7,9,15,22-23H,4,8H2,1-3H3/t15-/m0/s1. The van der Waals surface area contributed by atoms with E-state index in [1.807, 2.05) is 13.8 Å². The van der Waals surface area contributed by atoms with Crippen LogP contribution in [0.3, 0.4) is 0 Å². The molecule has 0 aliphatic heterocycles. The van der Waals surface area contributed by atoms with Crippen molar-refractivity contribution in [3.63, 3.8) is 0 Å². The summed E-state index contributed by atoms with van der Waals surface area (Å²) in [5.74, 6) is -3.56. The van der Waals surface area contributed by atoms with E-state index in [0.29, 0.717) is 6.07 Å². The van der Waals surface area contributed by atoms with Crippen molar-refractivity contribution in [1.82, 2.24) is 0 Å². The van der Waals surface area contributed by atoms with E-state index < -0.39 is 35.0 Å². The van der Waals surface area contributed by atoms with Crippen LogP contribution in [0, 0.1) is 17.6 Å². The number of aliphatic hydroxyl groups excluding tert-OH is 2. The van der Waals surface area contributed by atoms with Gasteiger partial charge in [-0.1, -0.05) is 13.8 Å². The normalized spacial score (nSPS) is 13.9. The van der Waals surface area contributed by atoms with Crippen molar-refractivity contribution < 1.29 is 28.5 Å². The van der Waals surface area contributed by atoms with Gasteiger partial charge in [-0.05, 0) is 34.8 Å². The fraction of sp³-hybridized carbons (Fsp3) is 0.412. The first-order valence-electron chi connectivity index (χ1n) is 7.62. The molecule has 1 aromatic rings. The Kier molecular flexibility index (Phi) is 8.18. The Labute approximate surface area is 153 Å². The number of nitrogens with zero attached hydrogens (tertiary/aromatic N) is 1. The highest BCUT2D eigenvalue weighted by atomic mass is 79.9. The van der Waals surface area contributed by atoms with E-state index >= 15 is 0 Å². The Balaban J connectivity index is 3.44. The van der Waals surface area contributed by atoms with Gasteiger partial charge in [0.15, 0.2) is 0 Å². The number of ether oxygens (including phenoxy) is 1. The summed E-state index contributed by atoms with van der Waals surface area (Å²) in [6, 6.07) is 1.08. The minimum absolute atomic E-state index is 0.0245. The van der Waals surface area contributed by atoms with Gasteiger partial charge in [0.05, 0.1) is 29.3 Å². The largest absolute Gasteiger partial charge is 0.506 e. The van der Waals surface area contributed by atoms with Crippen LogP contribution in [-0.2, 0) is 9.53 Å². The van der Waals surface area contributed by atoms with Gasteiger partial charge in [-0.2, -0.15) is 0 Å². The second-order valence-electron chi connectivity index (χ2n) is 5.50. The van der Waals surface area contributed by atoms with Gasteiger partial charge >= 0.3 is 5.97 Å². The van der Waals surface area contributed by atoms with E-state index in [9.17, 15) is 23.8 Å². The van der Waals surface area contributed by atoms with Crippen LogP contribution < -0.4 is 0 Å². The number of rotatable bonds is 7. The lowest BCUT2D eigenvalue weighted by Crippen LogP contribution is -2.19. The van der Waals surface area contributed by atoms with Gasteiger partial charge in [-0.15, -0.1) is 0 Å². The van der Waals surface area contributed by atoms with Crippen LogP contribution in [-0.4, -0.2) is 41.7 Å². The minimum atomic E-state index is -1.05. The van der Waals surface area contributed by atoms with E-state index in [2.05, 4.69) is 20.9 Å². The Morgan fingerprint density at radius 3 is 2.52 bits per heavy atom. The van der Waals surface area contributed by atoms with Crippen LogP contribution in [0.25, 0.3) is 5.76 Å². The minimum Gasteiger partial charge on any atom is -0.506 e. The first-order chi connectivity index (χ1) is 11.7. The van der Waals surface area contributed by atoms with Crippen molar-refractivity contribution in [2.45, 2.75) is 26.8 Å². The molecule has 2 N–H and O–H groups in total. The van der Waals surface area contributed by atoms with Crippen molar-refractivity contribution in [3.8, 4) is 0 Å². The second-order valence-corrected chi connectivity index (χ2v) is 6.36. The highest BCUT2D eigenvalue weighted by Crippen LogP contribution is 2.26. The number of benzene rings is 1. The molecular weight excluding hydrogens is 400 g/mol. The molecule has 0 spiro atoms. The van der Waals surface area contributed by atoms with Crippen molar-refractivity contribution in [2.75, 3.05) is 13.2 Å². The van der Waals surface area contributed by atoms with Crippen LogP contribution in [0.5, 0.6) is 0 Å². The summed E-state index contributed by atoms with van der Waals surface area (Å²) in [7, 11) is 0. The maximum Gasteiger partial charge on any atom is 0.343 e. The summed E-state index contributed by atoms with van der Waals surface area (Å²) in [6.45, 7) is 4.99. The first-order valence-corrected chi connectivity index (χ1v) is 8.41. The molecule has 25 heavy (non-hydrogen) atoms. The van der Waals surface area contributed by atoms with Gasteiger partial charge in [0.25, 0.3) is 0 Å². The van der Waals surface area contributed by atoms with E-state index in [4.69, 9.17) is 4.74 Å². The highest BCUT2D eigenvalue weighted by Gasteiger charge is 2.21. The van der Waals surface area contributed by atoms with Gasteiger partial charge in [-0.3, -0.25) is 4.99 Å². The number of hydrogen-bond acceptors (Lipinski definition) is 5. The molecule has 138 valence electrons. The first kappa shape index (κ1) is 21.2. The molecule has 0 heterocycles. The Hall–Kier alpha value is -1.80. The molecule has 5 nitrogen and oxygen atoms in total. The average Bonchev–Trinajstić information content (AvgIpc) is 2.54. The maximum absolute atomic E-state index is 14.0. The molecular formula is C17H20BrF2NO4. The number of carbonyl (C=O) groups excluding carboxylic acids is 1. The number of esters is 1. The predicted molar refractivity (Wildman–Crippen MR) is 94.4 cm³/mol. The summed E-state index contributed by atoms with van der Waals surface area (Å²) < 4.78 is 32.1. The third-order valence-corrected chi connectivity index (χ3v) is 3.97. The summed E-state index contributed by atoms with van der Waals surface area (Å²) in [4.78, 5) is 16.1. The average molecular weight is 420 g/mol. The predicted octanol–water partition coefficient (Wildman–Crippen LogP) is 3.65. The quantitative estimate of drug-likeness (QED) is 0.232. The van der Waals surface area contributed by atoms with E-state index in [1.165, 1.54) is 0 Å². The van der Waals surface area contributed by atoms with Crippen LogP contribution in [0.15, 0.2) is 27.2 Å². The zero-order chi connectivity index (χ0) is 19.1. The third-order valence-electron chi connectivity index (χ3n) is 3.37. The molecule has 0 amide bonds. The van der Waals surface area contributed by atoms with Crippen molar-refractivity contribution >= 4 is 33.9 Å². The summed E-state index contributed by atoms with van der Waals surface area (Å²) in [6.07, 6.45) is 1.03. The molecule has 1 atom stereocenters. The molecule has 0 radical (unpaired) electrons. The molecule has 0 aliphatic rings. The van der Waals surface area contributed by atoms with Crippen molar-refractivity contribution in [2.24, 2.45) is 10.9 Å². The van der Waals surface area contributed by atoms with E-state index in [-0.39, 0.29) is 29.2 Å². The number of aliphatic hydroxyl groups is 2. The molecule has 0 fully saturated rings. The van der Waals surface area contributed by atoms with Crippen LogP contribution >= 0.6 is 15.9 Å². The Bertz CT molecular complexity index is 689. The fourth-order valence-corrected chi connectivity index (χ4v) is 2.21. The lowest BCUT2D eigenvalue weighted by Gasteiger charge is -2.13. The third kappa shape index (κ3) is 5.61. The maximum atomic E-state index is 14.0. The molecule has 0 aliphatic carbocycles. The van der Waals surface area contributed by atoms with Gasteiger partial charge < -0.3 is 14.9 Å². The molecule has 1 aromatic carbocycles. The van der Waals surface area contributed by atoms with Gasteiger partial charge in [0, 0.05) is 12.3 Å². The molecule has 0 unspecified atom stereocenters. The molecule has 1 rings (SSSR count). The highest BCUT2D eigenvalue weighted by molar-refractivity contribution is 9.10. The Morgan fingerprint density at radius 1 is 1.36 bits per heavy atom. The fourth-order valence-electron chi connectivity index (χ4n) is 1.87. The molecule has 0 aromatic heterocycles. The zero-order valence-electron chi connectivity index (χ0n) is 14.1. The zero-order valence-corrected chi connectivity index (χ0v) is 15.7. The number of hydrogen-bond donors (Lipinski definition) is 2. The van der Waals surface area contributed by atoms with E-state index in [0.717, 1.165) is 12.3 Å². The summed E-state index contributed by atoms with van der Waals surface area (Å²) in [5, 5.41) is 19.6. The molecule has 0 saturated heterocycles.